The highest BCUT2D eigenvalue weighted by atomic mass is 32.1. The number of aryl methyl sites for hydroxylation is 1. The molecule has 0 unspecified atom stereocenters. The minimum atomic E-state index is -0.547. The molecule has 0 fully saturated rings. The van der Waals surface area contributed by atoms with Crippen molar-refractivity contribution < 1.29 is 23.9 Å². The maximum atomic E-state index is 12.2. The van der Waals surface area contributed by atoms with Crippen LogP contribution in [0.2, 0.25) is 0 Å². The third kappa shape index (κ3) is 5.32. The van der Waals surface area contributed by atoms with E-state index in [-0.39, 0.29) is 30.9 Å². The Bertz CT molecular complexity index is 919. The summed E-state index contributed by atoms with van der Waals surface area (Å²) in [5, 5.41) is 6.10. The monoisotopic (exact) mass is 417 g/mol. The molecule has 2 heterocycles. The fraction of sp³-hybridized carbons (Fsp3) is 0.400. The highest BCUT2D eigenvalue weighted by Gasteiger charge is 2.30. The van der Waals surface area contributed by atoms with Gasteiger partial charge in [-0.15, -0.1) is 11.3 Å². The predicted molar refractivity (Wildman–Crippen MR) is 108 cm³/mol. The second kappa shape index (κ2) is 9.51. The van der Waals surface area contributed by atoms with Crippen LogP contribution in [0.3, 0.4) is 0 Å². The first-order valence-corrected chi connectivity index (χ1v) is 10.3. The molecule has 0 bridgehead atoms. The van der Waals surface area contributed by atoms with Gasteiger partial charge in [-0.05, 0) is 38.8 Å². The summed E-state index contributed by atoms with van der Waals surface area (Å²) in [7, 11) is 0. The van der Waals surface area contributed by atoms with Gasteiger partial charge in [0.15, 0.2) is 0 Å². The number of ether oxygens (including phenoxy) is 2. The van der Waals surface area contributed by atoms with E-state index in [2.05, 4.69) is 15.6 Å². The van der Waals surface area contributed by atoms with Crippen LogP contribution in [0, 0.1) is 0 Å². The number of rotatable bonds is 8. The number of urea groups is 1. The smallest absolute Gasteiger partial charge is 0.338 e. The van der Waals surface area contributed by atoms with Crippen molar-refractivity contribution in [1.82, 2.24) is 15.6 Å². The zero-order chi connectivity index (χ0) is 20.8. The number of thiazole rings is 1. The van der Waals surface area contributed by atoms with Crippen LogP contribution in [0.1, 0.15) is 31.7 Å². The van der Waals surface area contributed by atoms with Crippen molar-refractivity contribution in [3.8, 4) is 0 Å². The van der Waals surface area contributed by atoms with Gasteiger partial charge < -0.3 is 20.1 Å². The van der Waals surface area contributed by atoms with Gasteiger partial charge in [-0.1, -0.05) is 12.1 Å². The molecule has 0 aliphatic carbocycles. The molecule has 2 N–H and O–H groups in total. The largest absolute Gasteiger partial charge is 0.463 e. The lowest BCUT2D eigenvalue weighted by molar-refractivity contribution is -0.143. The van der Waals surface area contributed by atoms with Crippen LogP contribution in [-0.4, -0.2) is 42.2 Å². The number of carbonyl (C=O) groups excluding carboxylic acids is 3. The zero-order valence-electron chi connectivity index (χ0n) is 16.3. The van der Waals surface area contributed by atoms with E-state index in [1.165, 1.54) is 0 Å². The van der Waals surface area contributed by atoms with Crippen LogP contribution in [0.4, 0.5) is 4.79 Å². The molecular weight excluding hydrogens is 394 g/mol. The molecule has 1 aromatic carbocycles. The summed E-state index contributed by atoms with van der Waals surface area (Å²) in [6, 6.07) is 6.92. The normalized spacial score (nSPS) is 16.3. The Hall–Kier alpha value is -2.94. The van der Waals surface area contributed by atoms with E-state index in [4.69, 9.17) is 9.47 Å². The Morgan fingerprint density at radius 2 is 2.03 bits per heavy atom. The summed E-state index contributed by atoms with van der Waals surface area (Å²) in [6.07, 6.45) is 1.51. The van der Waals surface area contributed by atoms with Gasteiger partial charge in [0, 0.05) is 6.42 Å². The van der Waals surface area contributed by atoms with Gasteiger partial charge in [0.1, 0.15) is 6.61 Å². The topological polar surface area (TPSA) is 107 Å². The van der Waals surface area contributed by atoms with Crippen molar-refractivity contribution in [3.63, 3.8) is 0 Å². The fourth-order valence-corrected chi connectivity index (χ4v) is 4.04. The van der Waals surface area contributed by atoms with Gasteiger partial charge in [0.05, 0.1) is 39.1 Å². The standard InChI is InChI=1S/C20H23N3O5S/c1-3-27-19(25)18-12(2)21-20(26)23-14(18)11-28-17(24)10-6-9-16-22-13-7-4-5-8-15(13)29-16/h4-5,7-8,12H,3,6,9-11H2,1-2H3,(H2,21,23,26)/t12-/m1/s1. The third-order valence-corrected chi connectivity index (χ3v) is 5.45. The van der Waals surface area contributed by atoms with Crippen molar-refractivity contribution in [3.05, 3.63) is 40.5 Å². The molecule has 2 aromatic rings. The summed E-state index contributed by atoms with van der Waals surface area (Å²) in [5.74, 6) is -0.948. The molecule has 8 nitrogen and oxygen atoms in total. The van der Waals surface area contributed by atoms with E-state index in [1.807, 2.05) is 24.3 Å². The van der Waals surface area contributed by atoms with Gasteiger partial charge >= 0.3 is 18.0 Å². The average Bonchev–Trinajstić information content (AvgIpc) is 3.08. The molecule has 0 saturated carbocycles. The van der Waals surface area contributed by atoms with Gasteiger partial charge in [-0.2, -0.15) is 0 Å². The maximum Gasteiger partial charge on any atom is 0.338 e. The van der Waals surface area contributed by atoms with E-state index < -0.39 is 24.0 Å². The van der Waals surface area contributed by atoms with Gasteiger partial charge in [-0.3, -0.25) is 4.79 Å². The number of fused-ring (bicyclic) bond motifs is 1. The van der Waals surface area contributed by atoms with Crippen molar-refractivity contribution in [2.24, 2.45) is 0 Å². The van der Waals surface area contributed by atoms with Crippen LogP contribution in [0.25, 0.3) is 10.2 Å². The van der Waals surface area contributed by atoms with E-state index in [0.29, 0.717) is 12.8 Å². The van der Waals surface area contributed by atoms with E-state index >= 15 is 0 Å². The Kier molecular flexibility index (Phi) is 6.82. The molecule has 0 radical (unpaired) electrons. The van der Waals surface area contributed by atoms with Crippen molar-refractivity contribution in [2.45, 2.75) is 39.2 Å². The fourth-order valence-electron chi connectivity index (χ4n) is 3.03. The Morgan fingerprint density at radius 1 is 1.24 bits per heavy atom. The van der Waals surface area contributed by atoms with Crippen LogP contribution in [-0.2, 0) is 25.5 Å². The van der Waals surface area contributed by atoms with Crippen molar-refractivity contribution in [1.29, 1.82) is 0 Å². The highest BCUT2D eigenvalue weighted by Crippen LogP contribution is 2.23. The molecule has 2 amide bonds. The van der Waals surface area contributed by atoms with Crippen LogP contribution in [0.5, 0.6) is 0 Å². The Labute approximate surface area is 172 Å². The first kappa shape index (κ1) is 20.8. The number of nitrogens with zero attached hydrogens (tertiary/aromatic N) is 1. The summed E-state index contributed by atoms with van der Waals surface area (Å²) < 4.78 is 11.4. The van der Waals surface area contributed by atoms with Crippen molar-refractivity contribution in [2.75, 3.05) is 13.2 Å². The lowest BCUT2D eigenvalue weighted by Crippen LogP contribution is -2.50. The number of nitrogens with one attached hydrogen (secondary N) is 2. The Morgan fingerprint density at radius 3 is 2.79 bits per heavy atom. The number of esters is 2. The quantitative estimate of drug-likeness (QED) is 0.640. The highest BCUT2D eigenvalue weighted by molar-refractivity contribution is 7.18. The molecule has 3 rings (SSSR count). The van der Waals surface area contributed by atoms with Gasteiger partial charge in [0.2, 0.25) is 0 Å². The second-order valence-corrected chi connectivity index (χ2v) is 7.64. The SMILES string of the molecule is CCOC(=O)C1=C(COC(=O)CCCc2nc3ccccc3s2)NC(=O)N[C@@H]1C. The Balaban J connectivity index is 1.53. The molecule has 1 atom stereocenters. The molecule has 29 heavy (non-hydrogen) atoms. The van der Waals surface area contributed by atoms with Crippen LogP contribution < -0.4 is 10.6 Å². The number of hydrogen-bond donors (Lipinski definition) is 2. The molecule has 0 spiro atoms. The number of carbonyl (C=O) groups is 3. The average molecular weight is 417 g/mol. The number of aromatic nitrogens is 1. The van der Waals surface area contributed by atoms with Crippen molar-refractivity contribution >= 4 is 39.5 Å². The van der Waals surface area contributed by atoms with Gasteiger partial charge in [-0.25, -0.2) is 14.6 Å². The second-order valence-electron chi connectivity index (χ2n) is 6.52. The van der Waals surface area contributed by atoms with E-state index in [9.17, 15) is 14.4 Å². The summed E-state index contributed by atoms with van der Waals surface area (Å²) in [6.45, 7) is 3.39. The first-order valence-electron chi connectivity index (χ1n) is 9.45. The van der Waals surface area contributed by atoms with Crippen LogP contribution in [0.15, 0.2) is 35.5 Å². The number of benzene rings is 1. The summed E-state index contributed by atoms with van der Waals surface area (Å²) >= 11 is 1.62. The minimum absolute atomic E-state index is 0.189. The molecule has 1 aromatic heterocycles. The lowest BCUT2D eigenvalue weighted by atomic mass is 10.0. The molecule has 9 heteroatoms. The molecule has 1 aliphatic rings. The molecule has 154 valence electrons. The summed E-state index contributed by atoms with van der Waals surface area (Å²) in [5.41, 5.74) is 1.47. The van der Waals surface area contributed by atoms with E-state index in [1.54, 1.807) is 25.2 Å². The number of hydrogen-bond acceptors (Lipinski definition) is 7. The summed E-state index contributed by atoms with van der Waals surface area (Å²) in [4.78, 5) is 40.5. The zero-order valence-corrected chi connectivity index (χ0v) is 17.1. The maximum absolute atomic E-state index is 12.2. The third-order valence-electron chi connectivity index (χ3n) is 4.35. The number of para-hydroxylation sites is 1. The molecule has 1 aliphatic heterocycles. The predicted octanol–water partition coefficient (Wildman–Crippen LogP) is 2.68. The lowest BCUT2D eigenvalue weighted by Gasteiger charge is -2.26. The first-order chi connectivity index (χ1) is 14.0. The van der Waals surface area contributed by atoms with Gasteiger partial charge in [0.25, 0.3) is 0 Å². The minimum Gasteiger partial charge on any atom is -0.463 e. The van der Waals surface area contributed by atoms with E-state index in [0.717, 1.165) is 15.2 Å². The molecule has 0 saturated heterocycles. The molecular formula is C20H23N3O5S. The van der Waals surface area contributed by atoms with Crippen LogP contribution >= 0.6 is 11.3 Å². The number of amides is 2.